The van der Waals surface area contributed by atoms with Crippen LogP contribution < -0.4 is 5.32 Å². The molecule has 0 amide bonds. The summed E-state index contributed by atoms with van der Waals surface area (Å²) >= 11 is 3.46. The van der Waals surface area contributed by atoms with Crippen LogP contribution in [-0.2, 0) is 0 Å². The first-order chi connectivity index (χ1) is 9.11. The molecular formula is C15H20BrNO2. The van der Waals surface area contributed by atoms with Gasteiger partial charge in [0, 0.05) is 16.2 Å². The molecule has 1 aromatic carbocycles. The van der Waals surface area contributed by atoms with Gasteiger partial charge in [-0.3, -0.25) is 0 Å². The van der Waals surface area contributed by atoms with Crippen LogP contribution in [0.3, 0.4) is 0 Å². The highest BCUT2D eigenvalue weighted by Crippen LogP contribution is 2.32. The Kier molecular flexibility index (Phi) is 4.86. The van der Waals surface area contributed by atoms with Crippen molar-refractivity contribution in [2.45, 2.75) is 45.1 Å². The monoisotopic (exact) mass is 325 g/mol. The van der Waals surface area contributed by atoms with Gasteiger partial charge in [0.2, 0.25) is 0 Å². The molecule has 19 heavy (non-hydrogen) atoms. The summed E-state index contributed by atoms with van der Waals surface area (Å²) in [7, 11) is 0. The summed E-state index contributed by atoms with van der Waals surface area (Å²) in [6.07, 6.45) is 6.29. The van der Waals surface area contributed by atoms with E-state index < -0.39 is 5.97 Å². The van der Waals surface area contributed by atoms with Crippen molar-refractivity contribution >= 4 is 27.6 Å². The van der Waals surface area contributed by atoms with Crippen LogP contribution >= 0.6 is 15.9 Å². The minimum absolute atomic E-state index is 0.313. The maximum Gasteiger partial charge on any atom is 0.335 e. The van der Waals surface area contributed by atoms with Crippen molar-refractivity contribution in [3.05, 3.63) is 28.2 Å². The van der Waals surface area contributed by atoms with E-state index in [1.54, 1.807) is 12.1 Å². The number of hydrogen-bond donors (Lipinski definition) is 2. The highest BCUT2D eigenvalue weighted by atomic mass is 79.9. The van der Waals surface area contributed by atoms with E-state index in [2.05, 4.69) is 28.2 Å². The molecule has 1 aliphatic rings. The fourth-order valence-electron chi connectivity index (χ4n) is 2.85. The molecule has 1 aliphatic carbocycles. The summed E-state index contributed by atoms with van der Waals surface area (Å²) in [6, 6.07) is 5.67. The smallest absolute Gasteiger partial charge is 0.335 e. The van der Waals surface area contributed by atoms with Crippen molar-refractivity contribution in [1.29, 1.82) is 0 Å². The number of aromatic carboxylic acids is 1. The number of hydrogen-bond acceptors (Lipinski definition) is 2. The van der Waals surface area contributed by atoms with Crippen molar-refractivity contribution in [1.82, 2.24) is 0 Å². The Balaban J connectivity index is 2.11. The van der Waals surface area contributed by atoms with E-state index in [4.69, 9.17) is 5.11 Å². The van der Waals surface area contributed by atoms with Gasteiger partial charge in [0.1, 0.15) is 0 Å². The predicted molar refractivity (Wildman–Crippen MR) is 80.8 cm³/mol. The lowest BCUT2D eigenvalue weighted by Gasteiger charge is -2.32. The first-order valence-electron chi connectivity index (χ1n) is 6.91. The molecule has 1 aromatic rings. The molecule has 2 unspecified atom stereocenters. The molecule has 1 saturated carbocycles. The fourth-order valence-corrected chi connectivity index (χ4v) is 3.34. The van der Waals surface area contributed by atoms with Crippen molar-refractivity contribution < 1.29 is 9.90 Å². The van der Waals surface area contributed by atoms with Crippen LogP contribution in [0.4, 0.5) is 5.69 Å². The third-order valence-electron chi connectivity index (χ3n) is 3.99. The zero-order valence-electron chi connectivity index (χ0n) is 11.2. The fraction of sp³-hybridized carbons (Fsp3) is 0.533. The van der Waals surface area contributed by atoms with E-state index in [9.17, 15) is 4.79 Å². The van der Waals surface area contributed by atoms with Gasteiger partial charge in [-0.1, -0.05) is 26.2 Å². The highest BCUT2D eigenvalue weighted by Gasteiger charge is 2.23. The van der Waals surface area contributed by atoms with Crippen molar-refractivity contribution in [2.24, 2.45) is 5.92 Å². The van der Waals surface area contributed by atoms with E-state index in [1.807, 2.05) is 6.07 Å². The van der Waals surface area contributed by atoms with Gasteiger partial charge in [0.25, 0.3) is 0 Å². The lowest BCUT2D eigenvalue weighted by atomic mass is 9.83. The van der Waals surface area contributed by atoms with Crippen LogP contribution in [0.2, 0.25) is 0 Å². The maximum absolute atomic E-state index is 10.9. The van der Waals surface area contributed by atoms with Gasteiger partial charge in [0.05, 0.1) is 5.56 Å². The van der Waals surface area contributed by atoms with Crippen LogP contribution in [0.5, 0.6) is 0 Å². The summed E-state index contributed by atoms with van der Waals surface area (Å²) < 4.78 is 0.827. The van der Waals surface area contributed by atoms with Crippen molar-refractivity contribution in [3.63, 3.8) is 0 Å². The zero-order valence-corrected chi connectivity index (χ0v) is 12.7. The first kappa shape index (κ1) is 14.4. The number of benzene rings is 1. The number of anilines is 1. The topological polar surface area (TPSA) is 49.3 Å². The van der Waals surface area contributed by atoms with Crippen LogP contribution in [0, 0.1) is 5.92 Å². The predicted octanol–water partition coefficient (Wildman–Crippen LogP) is 4.53. The Labute approximate surface area is 122 Å². The molecule has 0 bridgehead atoms. The Hall–Kier alpha value is -1.03. The molecular weight excluding hydrogens is 306 g/mol. The second-order valence-corrected chi connectivity index (χ2v) is 6.06. The number of carboxylic acid groups (broad SMARTS) is 1. The zero-order chi connectivity index (χ0) is 13.8. The third-order valence-corrected chi connectivity index (χ3v) is 4.65. The van der Waals surface area contributed by atoms with E-state index in [0.717, 1.165) is 16.1 Å². The summed E-state index contributed by atoms with van der Waals surface area (Å²) in [5, 5.41) is 12.5. The van der Waals surface area contributed by atoms with E-state index >= 15 is 0 Å². The normalized spacial score (nSPS) is 23.1. The van der Waals surface area contributed by atoms with E-state index in [1.165, 1.54) is 32.1 Å². The third kappa shape index (κ3) is 3.50. The van der Waals surface area contributed by atoms with Crippen molar-refractivity contribution in [3.8, 4) is 0 Å². The number of nitrogens with one attached hydrogen (secondary N) is 1. The average molecular weight is 326 g/mol. The van der Waals surface area contributed by atoms with Gasteiger partial charge in [-0.2, -0.15) is 0 Å². The standard InChI is InChI=1S/C15H20BrNO2/c1-2-10-5-3-4-6-13(10)17-14-8-7-11(15(18)19)9-12(14)16/h7-10,13,17H,2-6H2,1H3,(H,18,19). The summed E-state index contributed by atoms with van der Waals surface area (Å²) in [4.78, 5) is 10.9. The highest BCUT2D eigenvalue weighted by molar-refractivity contribution is 9.10. The molecule has 2 N–H and O–H groups in total. The van der Waals surface area contributed by atoms with Crippen LogP contribution in [0.1, 0.15) is 49.4 Å². The van der Waals surface area contributed by atoms with Gasteiger partial charge >= 0.3 is 5.97 Å². The quantitative estimate of drug-likeness (QED) is 0.855. The minimum atomic E-state index is -0.892. The Morgan fingerprint density at radius 3 is 2.79 bits per heavy atom. The largest absolute Gasteiger partial charge is 0.478 e. The molecule has 104 valence electrons. The van der Waals surface area contributed by atoms with Gasteiger partial charge < -0.3 is 10.4 Å². The van der Waals surface area contributed by atoms with Crippen LogP contribution in [-0.4, -0.2) is 17.1 Å². The molecule has 1 fully saturated rings. The molecule has 0 spiro atoms. The van der Waals surface area contributed by atoms with E-state index in [0.29, 0.717) is 11.6 Å². The van der Waals surface area contributed by atoms with Gasteiger partial charge in [-0.05, 0) is 52.9 Å². The number of carbonyl (C=O) groups is 1. The lowest BCUT2D eigenvalue weighted by molar-refractivity contribution is 0.0697. The minimum Gasteiger partial charge on any atom is -0.478 e. The molecule has 0 radical (unpaired) electrons. The second-order valence-electron chi connectivity index (χ2n) is 5.20. The molecule has 3 nitrogen and oxygen atoms in total. The average Bonchev–Trinajstić information content (AvgIpc) is 2.41. The summed E-state index contributed by atoms with van der Waals surface area (Å²) in [5.74, 6) is -0.170. The van der Waals surface area contributed by atoms with Gasteiger partial charge in [0.15, 0.2) is 0 Å². The molecule has 4 heteroatoms. The Morgan fingerprint density at radius 2 is 2.16 bits per heavy atom. The number of rotatable bonds is 4. The van der Waals surface area contributed by atoms with E-state index in [-0.39, 0.29) is 0 Å². The Morgan fingerprint density at radius 1 is 1.42 bits per heavy atom. The Bertz CT molecular complexity index is 461. The van der Waals surface area contributed by atoms with Crippen molar-refractivity contribution in [2.75, 3.05) is 5.32 Å². The number of carboxylic acids is 1. The molecule has 2 rings (SSSR count). The van der Waals surface area contributed by atoms with Gasteiger partial charge in [-0.25, -0.2) is 4.79 Å². The summed E-state index contributed by atoms with van der Waals surface area (Å²) in [6.45, 7) is 2.24. The lowest BCUT2D eigenvalue weighted by Crippen LogP contribution is -2.31. The second kappa shape index (κ2) is 6.42. The molecule has 0 aliphatic heterocycles. The SMILES string of the molecule is CCC1CCCCC1Nc1ccc(C(=O)O)cc1Br. The summed E-state index contributed by atoms with van der Waals surface area (Å²) in [5.41, 5.74) is 1.31. The van der Waals surface area contributed by atoms with Crippen LogP contribution in [0.15, 0.2) is 22.7 Å². The van der Waals surface area contributed by atoms with Gasteiger partial charge in [-0.15, -0.1) is 0 Å². The molecule has 2 atom stereocenters. The maximum atomic E-state index is 10.9. The molecule has 0 heterocycles. The molecule has 0 aromatic heterocycles. The first-order valence-corrected chi connectivity index (χ1v) is 7.70. The number of halogens is 1. The molecule has 0 saturated heterocycles. The van der Waals surface area contributed by atoms with Crippen LogP contribution in [0.25, 0.3) is 0 Å².